The van der Waals surface area contributed by atoms with E-state index in [4.69, 9.17) is 18.9 Å². The molecule has 2 aromatic carbocycles. The number of carboxylic acid groups (broad SMARTS) is 1. The minimum absolute atomic E-state index is 0.0180. The average molecular weight is 520 g/mol. The van der Waals surface area contributed by atoms with Gasteiger partial charge < -0.3 is 19.0 Å². The van der Waals surface area contributed by atoms with Crippen molar-refractivity contribution in [3.05, 3.63) is 77.0 Å². The third-order valence-corrected chi connectivity index (χ3v) is 7.45. The summed E-state index contributed by atoms with van der Waals surface area (Å²) in [7, 11) is 0. The van der Waals surface area contributed by atoms with Gasteiger partial charge in [-0.25, -0.2) is 9.78 Å². The number of carbonyl (C=O) groups is 1. The Morgan fingerprint density at radius 1 is 0.974 bits per heavy atom. The Morgan fingerprint density at radius 2 is 1.61 bits per heavy atom. The molecule has 0 spiro atoms. The Kier molecular flexibility index (Phi) is 8.49. The van der Waals surface area contributed by atoms with E-state index in [1.54, 1.807) is 6.92 Å². The number of rotatable bonds is 10. The number of aromatic nitrogens is 1. The molecule has 1 saturated carbocycles. The van der Waals surface area contributed by atoms with Gasteiger partial charge in [0.25, 0.3) is 0 Å². The lowest BCUT2D eigenvalue weighted by molar-refractivity contribution is -0.153. The van der Waals surface area contributed by atoms with Crippen LogP contribution in [0.3, 0.4) is 0 Å². The van der Waals surface area contributed by atoms with Gasteiger partial charge in [0.05, 0.1) is 12.3 Å². The molecule has 1 fully saturated rings. The van der Waals surface area contributed by atoms with Crippen LogP contribution in [0.4, 0.5) is 0 Å². The maximum absolute atomic E-state index is 12.2. The highest BCUT2D eigenvalue weighted by molar-refractivity contribution is 5.78. The fourth-order valence-electron chi connectivity index (χ4n) is 5.00. The van der Waals surface area contributed by atoms with Gasteiger partial charge in [-0.1, -0.05) is 64.3 Å². The molecular formula is C32H41NO5. The summed E-state index contributed by atoms with van der Waals surface area (Å²) in [6.45, 7) is 10.5. The largest absolute Gasteiger partial charge is 0.493 e. The first kappa shape index (κ1) is 27.7. The van der Waals surface area contributed by atoms with Crippen LogP contribution in [0.15, 0.2) is 52.9 Å². The number of benzene rings is 2. The van der Waals surface area contributed by atoms with E-state index < -0.39 is 11.6 Å². The molecule has 6 heteroatoms. The summed E-state index contributed by atoms with van der Waals surface area (Å²) in [5.41, 5.74) is 1.61. The van der Waals surface area contributed by atoms with Crippen LogP contribution >= 0.6 is 0 Å². The molecule has 1 aliphatic carbocycles. The first-order valence-corrected chi connectivity index (χ1v) is 13.7. The van der Waals surface area contributed by atoms with Crippen molar-refractivity contribution in [3.8, 4) is 11.5 Å². The zero-order valence-electron chi connectivity index (χ0n) is 23.4. The Hall–Kier alpha value is -3.28. The molecule has 0 radical (unpaired) electrons. The topological polar surface area (TPSA) is 81.8 Å². The Bertz CT molecular complexity index is 1200. The number of aliphatic carboxylic acids is 1. The first-order valence-electron chi connectivity index (χ1n) is 13.7. The molecule has 1 heterocycles. The highest BCUT2D eigenvalue weighted by Crippen LogP contribution is 2.33. The molecule has 204 valence electrons. The number of hydrogen-bond donors (Lipinski definition) is 1. The SMILES string of the molecule is Cc1oc(C2CCCCC2)nc1CCOc1ccc(CC(C)(Oc2ccc(C(C)(C)C)cc2)C(=O)O)cc1. The van der Waals surface area contributed by atoms with Gasteiger partial charge in [-0.05, 0) is 67.5 Å². The lowest BCUT2D eigenvalue weighted by Crippen LogP contribution is -2.43. The number of oxazole rings is 1. The molecule has 1 aliphatic rings. The molecular weight excluding hydrogens is 478 g/mol. The monoisotopic (exact) mass is 519 g/mol. The predicted octanol–water partition coefficient (Wildman–Crippen LogP) is 7.41. The van der Waals surface area contributed by atoms with Gasteiger partial charge in [-0.3, -0.25) is 0 Å². The van der Waals surface area contributed by atoms with Crippen LogP contribution in [0.2, 0.25) is 0 Å². The van der Waals surface area contributed by atoms with Crippen LogP contribution in [-0.4, -0.2) is 28.3 Å². The van der Waals surface area contributed by atoms with Crippen molar-refractivity contribution in [1.29, 1.82) is 0 Å². The number of carboxylic acids is 1. The lowest BCUT2D eigenvalue weighted by Gasteiger charge is -2.27. The number of aryl methyl sites for hydroxylation is 1. The quantitative estimate of drug-likeness (QED) is 0.300. The van der Waals surface area contributed by atoms with E-state index in [0.29, 0.717) is 24.7 Å². The van der Waals surface area contributed by atoms with Gasteiger partial charge in [0, 0.05) is 18.8 Å². The number of hydrogen-bond acceptors (Lipinski definition) is 5. The molecule has 6 nitrogen and oxygen atoms in total. The van der Waals surface area contributed by atoms with Gasteiger partial charge >= 0.3 is 5.97 Å². The Balaban J connectivity index is 1.32. The minimum Gasteiger partial charge on any atom is -0.493 e. The van der Waals surface area contributed by atoms with E-state index in [1.807, 2.05) is 55.5 Å². The van der Waals surface area contributed by atoms with Gasteiger partial charge in [-0.15, -0.1) is 0 Å². The van der Waals surface area contributed by atoms with Crippen molar-refractivity contribution in [2.75, 3.05) is 6.61 Å². The second kappa shape index (κ2) is 11.6. The van der Waals surface area contributed by atoms with Crippen LogP contribution in [0, 0.1) is 6.92 Å². The maximum atomic E-state index is 12.2. The summed E-state index contributed by atoms with van der Waals surface area (Å²) >= 11 is 0. The van der Waals surface area contributed by atoms with E-state index in [0.717, 1.165) is 41.5 Å². The number of nitrogens with zero attached hydrogens (tertiary/aromatic N) is 1. The van der Waals surface area contributed by atoms with Crippen molar-refractivity contribution < 1.29 is 23.8 Å². The molecule has 1 N–H and O–H groups in total. The van der Waals surface area contributed by atoms with E-state index in [1.165, 1.54) is 24.8 Å². The van der Waals surface area contributed by atoms with Crippen LogP contribution in [-0.2, 0) is 23.1 Å². The summed E-state index contributed by atoms with van der Waals surface area (Å²) in [6.07, 6.45) is 7.05. The molecule has 1 atom stereocenters. The molecule has 1 aromatic heterocycles. The summed E-state index contributed by atoms with van der Waals surface area (Å²) in [6, 6.07) is 15.2. The van der Waals surface area contributed by atoms with Crippen molar-refractivity contribution in [2.24, 2.45) is 0 Å². The van der Waals surface area contributed by atoms with E-state index in [9.17, 15) is 9.90 Å². The molecule has 1 unspecified atom stereocenters. The van der Waals surface area contributed by atoms with Gasteiger partial charge in [0.15, 0.2) is 5.89 Å². The smallest absolute Gasteiger partial charge is 0.348 e. The maximum Gasteiger partial charge on any atom is 0.348 e. The summed E-state index contributed by atoms with van der Waals surface area (Å²) in [5, 5.41) is 9.96. The van der Waals surface area contributed by atoms with Gasteiger partial charge in [-0.2, -0.15) is 0 Å². The van der Waals surface area contributed by atoms with Crippen molar-refractivity contribution in [1.82, 2.24) is 4.98 Å². The lowest BCUT2D eigenvalue weighted by atomic mass is 9.87. The van der Waals surface area contributed by atoms with Crippen molar-refractivity contribution in [2.45, 2.75) is 96.5 Å². The fourth-order valence-corrected chi connectivity index (χ4v) is 5.00. The van der Waals surface area contributed by atoms with Crippen LogP contribution < -0.4 is 9.47 Å². The number of ether oxygens (including phenoxy) is 2. The zero-order valence-corrected chi connectivity index (χ0v) is 23.4. The Morgan fingerprint density at radius 3 is 2.21 bits per heavy atom. The highest BCUT2D eigenvalue weighted by atomic mass is 16.5. The van der Waals surface area contributed by atoms with Gasteiger partial charge in [0.2, 0.25) is 5.60 Å². The fraction of sp³-hybridized carbons (Fsp3) is 0.500. The van der Waals surface area contributed by atoms with E-state index >= 15 is 0 Å². The minimum atomic E-state index is -1.40. The summed E-state index contributed by atoms with van der Waals surface area (Å²) < 4.78 is 17.9. The summed E-state index contributed by atoms with van der Waals surface area (Å²) in [4.78, 5) is 16.9. The van der Waals surface area contributed by atoms with E-state index in [2.05, 4.69) is 20.8 Å². The molecule has 0 aliphatic heterocycles. The second-order valence-corrected chi connectivity index (χ2v) is 11.7. The third-order valence-electron chi connectivity index (χ3n) is 7.45. The third kappa shape index (κ3) is 6.97. The van der Waals surface area contributed by atoms with Crippen LogP contribution in [0.1, 0.15) is 94.2 Å². The van der Waals surface area contributed by atoms with Gasteiger partial charge in [0.1, 0.15) is 17.3 Å². The van der Waals surface area contributed by atoms with Crippen molar-refractivity contribution in [3.63, 3.8) is 0 Å². The van der Waals surface area contributed by atoms with Crippen molar-refractivity contribution >= 4 is 5.97 Å². The molecule has 3 aromatic rings. The highest BCUT2D eigenvalue weighted by Gasteiger charge is 2.36. The molecule has 4 rings (SSSR count). The Labute approximate surface area is 226 Å². The molecule has 0 saturated heterocycles. The van der Waals surface area contributed by atoms with Crippen LogP contribution in [0.25, 0.3) is 0 Å². The zero-order chi connectivity index (χ0) is 27.3. The standard InChI is InChI=1S/C32H41NO5/c1-22-28(33-29(37-22)24-9-7-6-8-10-24)19-20-36-26-15-11-23(12-16-26)21-32(5,30(34)35)38-27-17-13-25(14-18-27)31(2,3)4/h11-18,24H,6-10,19-21H2,1-5H3,(H,34,35). The second-order valence-electron chi connectivity index (χ2n) is 11.7. The first-order chi connectivity index (χ1) is 18.0. The molecule has 38 heavy (non-hydrogen) atoms. The normalized spacial score (nSPS) is 16.1. The molecule has 0 bridgehead atoms. The molecule has 0 amide bonds. The van der Waals surface area contributed by atoms with E-state index in [-0.39, 0.29) is 11.8 Å². The summed E-state index contributed by atoms with van der Waals surface area (Å²) in [5.74, 6) is 2.48. The van der Waals surface area contributed by atoms with Crippen LogP contribution in [0.5, 0.6) is 11.5 Å². The average Bonchev–Trinajstić information content (AvgIpc) is 3.25. The predicted molar refractivity (Wildman–Crippen MR) is 148 cm³/mol.